The molecule has 0 atom stereocenters. The molecule has 0 radical (unpaired) electrons. The molecule has 1 rings (SSSR count). The Labute approximate surface area is 78.5 Å². The van der Waals surface area contributed by atoms with E-state index in [4.69, 9.17) is 0 Å². The molecule has 0 unspecified atom stereocenters. The van der Waals surface area contributed by atoms with Crippen LogP contribution in [-0.4, -0.2) is 23.3 Å². The van der Waals surface area contributed by atoms with Gasteiger partial charge in [0.15, 0.2) is 0 Å². The summed E-state index contributed by atoms with van der Waals surface area (Å²) in [6, 6.07) is 0. The minimum absolute atomic E-state index is 0.00160. The number of nitrogens with one attached hydrogen (secondary N) is 1. The van der Waals surface area contributed by atoms with Gasteiger partial charge in [-0.2, -0.15) is 13.2 Å². The minimum atomic E-state index is -4.55. The molecule has 1 heterocycles. The van der Waals surface area contributed by atoms with Crippen molar-refractivity contribution in [2.75, 3.05) is 13.1 Å². The predicted octanol–water partition coefficient (Wildman–Crippen LogP) is 1.24. The molecule has 0 fully saturated rings. The van der Waals surface area contributed by atoms with Crippen molar-refractivity contribution in [1.82, 2.24) is 15.5 Å². The van der Waals surface area contributed by atoms with Crippen LogP contribution in [-0.2, 0) is 12.6 Å². The Balaban J connectivity index is 2.51. The summed E-state index contributed by atoms with van der Waals surface area (Å²) in [5, 5.41) is 9.11. The van der Waals surface area contributed by atoms with Crippen molar-refractivity contribution in [3.05, 3.63) is 11.8 Å². The van der Waals surface area contributed by atoms with E-state index in [2.05, 4.69) is 19.9 Å². The summed E-state index contributed by atoms with van der Waals surface area (Å²) in [5.41, 5.74) is 0. The summed E-state index contributed by atoms with van der Waals surface area (Å²) in [7, 11) is 0. The maximum atomic E-state index is 12.0. The van der Waals surface area contributed by atoms with Crippen molar-refractivity contribution < 1.29 is 17.6 Å². The molecule has 0 aliphatic heterocycles. The molecule has 4 nitrogen and oxygen atoms in total. The van der Waals surface area contributed by atoms with Gasteiger partial charge in [0.05, 0.1) is 0 Å². The number of hydrogen-bond donors (Lipinski definition) is 1. The average molecular weight is 209 g/mol. The second kappa shape index (κ2) is 4.41. The lowest BCUT2D eigenvalue weighted by molar-refractivity contribution is -0.157. The van der Waals surface area contributed by atoms with Gasteiger partial charge in [-0.1, -0.05) is 6.92 Å². The van der Waals surface area contributed by atoms with Gasteiger partial charge in [-0.25, -0.2) is 0 Å². The van der Waals surface area contributed by atoms with E-state index in [0.29, 0.717) is 13.0 Å². The lowest BCUT2D eigenvalue weighted by atomic mass is 10.4. The first-order valence-corrected chi connectivity index (χ1v) is 4.14. The van der Waals surface area contributed by atoms with Crippen LogP contribution < -0.4 is 5.32 Å². The first-order valence-electron chi connectivity index (χ1n) is 4.14. The van der Waals surface area contributed by atoms with E-state index in [-0.39, 0.29) is 5.89 Å². The van der Waals surface area contributed by atoms with E-state index in [9.17, 15) is 13.2 Å². The average Bonchev–Trinajstić information content (AvgIpc) is 2.52. The van der Waals surface area contributed by atoms with Crippen molar-refractivity contribution in [3.63, 3.8) is 0 Å². The van der Waals surface area contributed by atoms with Gasteiger partial charge in [-0.05, 0) is 6.54 Å². The smallest absolute Gasteiger partial charge is 0.417 e. The summed E-state index contributed by atoms with van der Waals surface area (Å²) in [5.74, 6) is -1.29. The number of likely N-dealkylation sites (N-methyl/N-ethyl adjacent to an activating group) is 1. The number of hydrogen-bond acceptors (Lipinski definition) is 4. The summed E-state index contributed by atoms with van der Waals surface area (Å²) in [4.78, 5) is 0. The predicted molar refractivity (Wildman–Crippen MR) is 41.5 cm³/mol. The largest absolute Gasteiger partial charge is 0.470 e. The molecule has 0 saturated carbocycles. The molecule has 0 spiro atoms. The van der Waals surface area contributed by atoms with Crippen LogP contribution in [0.25, 0.3) is 0 Å². The molecule has 0 aromatic carbocycles. The molecular weight excluding hydrogens is 199 g/mol. The second-order valence-electron chi connectivity index (χ2n) is 2.60. The number of alkyl halides is 3. The maximum Gasteiger partial charge on any atom is 0.470 e. The molecule has 0 aliphatic carbocycles. The van der Waals surface area contributed by atoms with Crippen LogP contribution >= 0.6 is 0 Å². The Bertz CT molecular complexity index is 284. The molecule has 0 saturated heterocycles. The molecule has 1 N–H and O–H groups in total. The van der Waals surface area contributed by atoms with Gasteiger partial charge in [0, 0.05) is 13.0 Å². The van der Waals surface area contributed by atoms with E-state index >= 15 is 0 Å². The third-order valence-electron chi connectivity index (χ3n) is 1.47. The van der Waals surface area contributed by atoms with Crippen LogP contribution in [0, 0.1) is 0 Å². The first kappa shape index (κ1) is 11.0. The third-order valence-corrected chi connectivity index (χ3v) is 1.47. The quantitative estimate of drug-likeness (QED) is 0.758. The number of nitrogens with zero attached hydrogens (tertiary/aromatic N) is 2. The fourth-order valence-corrected chi connectivity index (χ4v) is 0.841. The number of halogens is 3. The highest BCUT2D eigenvalue weighted by Crippen LogP contribution is 2.27. The van der Waals surface area contributed by atoms with Crippen molar-refractivity contribution in [2.45, 2.75) is 19.5 Å². The highest BCUT2D eigenvalue weighted by molar-refractivity contribution is 4.86. The van der Waals surface area contributed by atoms with Crippen LogP contribution in [0.2, 0.25) is 0 Å². The molecular formula is C7H10F3N3O. The zero-order chi connectivity index (χ0) is 10.6. The van der Waals surface area contributed by atoms with E-state index < -0.39 is 12.1 Å². The van der Waals surface area contributed by atoms with Gasteiger partial charge >= 0.3 is 12.1 Å². The van der Waals surface area contributed by atoms with Crippen LogP contribution in [0.3, 0.4) is 0 Å². The fourth-order valence-electron chi connectivity index (χ4n) is 0.841. The lowest BCUT2D eigenvalue weighted by Gasteiger charge is -1.98. The van der Waals surface area contributed by atoms with E-state index in [0.717, 1.165) is 6.54 Å². The summed E-state index contributed by atoms with van der Waals surface area (Å²) < 4.78 is 40.3. The van der Waals surface area contributed by atoms with Crippen molar-refractivity contribution >= 4 is 0 Å². The zero-order valence-corrected chi connectivity index (χ0v) is 7.56. The van der Waals surface area contributed by atoms with Crippen LogP contribution in [0.4, 0.5) is 13.2 Å². The molecule has 0 aliphatic rings. The molecule has 1 aromatic rings. The van der Waals surface area contributed by atoms with Gasteiger partial charge < -0.3 is 9.73 Å². The molecule has 1 aromatic heterocycles. The highest BCUT2D eigenvalue weighted by atomic mass is 19.4. The summed E-state index contributed by atoms with van der Waals surface area (Å²) >= 11 is 0. The van der Waals surface area contributed by atoms with Crippen molar-refractivity contribution in [1.29, 1.82) is 0 Å². The van der Waals surface area contributed by atoms with Crippen molar-refractivity contribution in [3.8, 4) is 0 Å². The van der Waals surface area contributed by atoms with Gasteiger partial charge in [0.2, 0.25) is 5.89 Å². The van der Waals surface area contributed by atoms with Gasteiger partial charge in [-0.15, -0.1) is 10.2 Å². The molecule has 80 valence electrons. The minimum Gasteiger partial charge on any atom is -0.417 e. The topological polar surface area (TPSA) is 51.0 Å². The normalized spacial score (nSPS) is 12.0. The van der Waals surface area contributed by atoms with Gasteiger partial charge in [0.25, 0.3) is 0 Å². The fraction of sp³-hybridized carbons (Fsp3) is 0.714. The van der Waals surface area contributed by atoms with Gasteiger partial charge in [-0.3, -0.25) is 0 Å². The molecule has 0 bridgehead atoms. The monoisotopic (exact) mass is 209 g/mol. The first-order chi connectivity index (χ1) is 6.54. The number of aromatic nitrogens is 2. The molecule has 0 amide bonds. The maximum absolute atomic E-state index is 12.0. The van der Waals surface area contributed by atoms with E-state index in [1.54, 1.807) is 0 Å². The van der Waals surface area contributed by atoms with E-state index in [1.807, 2.05) is 6.92 Å². The Morgan fingerprint density at radius 1 is 1.36 bits per heavy atom. The Morgan fingerprint density at radius 2 is 2.07 bits per heavy atom. The second-order valence-corrected chi connectivity index (χ2v) is 2.60. The Hall–Kier alpha value is -1.11. The van der Waals surface area contributed by atoms with E-state index in [1.165, 1.54) is 0 Å². The Kier molecular flexibility index (Phi) is 3.45. The number of rotatable bonds is 4. The Morgan fingerprint density at radius 3 is 2.57 bits per heavy atom. The van der Waals surface area contributed by atoms with Gasteiger partial charge in [0.1, 0.15) is 0 Å². The van der Waals surface area contributed by atoms with Crippen LogP contribution in [0.1, 0.15) is 18.7 Å². The summed E-state index contributed by atoms with van der Waals surface area (Å²) in [6.45, 7) is 3.17. The highest BCUT2D eigenvalue weighted by Gasteiger charge is 2.37. The molecule has 7 heteroatoms. The molecule has 14 heavy (non-hydrogen) atoms. The van der Waals surface area contributed by atoms with Crippen LogP contribution in [0.15, 0.2) is 4.42 Å². The lowest BCUT2D eigenvalue weighted by Crippen LogP contribution is -2.16. The summed E-state index contributed by atoms with van der Waals surface area (Å²) in [6.07, 6.45) is -4.25. The van der Waals surface area contributed by atoms with Crippen molar-refractivity contribution in [2.24, 2.45) is 0 Å². The standard InChI is InChI=1S/C7H10F3N3O/c1-2-11-4-3-5-12-13-6(14-5)7(8,9)10/h11H,2-4H2,1H3. The SMILES string of the molecule is CCNCCc1nnc(C(F)(F)F)o1. The third kappa shape index (κ3) is 2.99. The van der Waals surface area contributed by atoms with Crippen LogP contribution in [0.5, 0.6) is 0 Å². The zero-order valence-electron chi connectivity index (χ0n) is 7.56.